The second-order valence-corrected chi connectivity index (χ2v) is 6.91. The van der Waals surface area contributed by atoms with Crippen LogP contribution in [0.3, 0.4) is 0 Å². The monoisotopic (exact) mass is 354 g/mol. The van der Waals surface area contributed by atoms with Gasteiger partial charge in [-0.15, -0.1) is 11.3 Å². The fourth-order valence-corrected chi connectivity index (χ4v) is 2.77. The van der Waals surface area contributed by atoms with Crippen molar-refractivity contribution >= 4 is 27.3 Å². The van der Waals surface area contributed by atoms with Crippen molar-refractivity contribution in [1.29, 1.82) is 0 Å². The van der Waals surface area contributed by atoms with Gasteiger partial charge in [-0.1, -0.05) is 29.8 Å². The van der Waals surface area contributed by atoms with Gasteiger partial charge in [0, 0.05) is 28.0 Å². The minimum absolute atomic E-state index is 0.447. The van der Waals surface area contributed by atoms with E-state index in [2.05, 4.69) is 46.1 Å². The maximum atomic E-state index is 5.91. The Labute approximate surface area is 132 Å². The largest absolute Gasteiger partial charge is 0.487 e. The van der Waals surface area contributed by atoms with Crippen molar-refractivity contribution in [2.75, 3.05) is 0 Å². The summed E-state index contributed by atoms with van der Waals surface area (Å²) in [7, 11) is 0. The Morgan fingerprint density at radius 3 is 2.85 bits per heavy atom. The van der Waals surface area contributed by atoms with E-state index in [1.807, 2.05) is 24.4 Å². The van der Waals surface area contributed by atoms with E-state index < -0.39 is 0 Å². The molecule has 1 aromatic carbocycles. The van der Waals surface area contributed by atoms with Crippen molar-refractivity contribution in [2.24, 2.45) is 0 Å². The summed E-state index contributed by atoms with van der Waals surface area (Å²) in [6.07, 6.45) is 0. The van der Waals surface area contributed by atoms with Crippen molar-refractivity contribution in [2.45, 2.75) is 40.0 Å². The normalized spacial score (nSPS) is 11.1. The number of aromatic nitrogens is 1. The third-order valence-corrected chi connectivity index (χ3v) is 4.08. The molecule has 0 spiro atoms. The fourth-order valence-electron chi connectivity index (χ4n) is 1.77. The number of ether oxygens (including phenoxy) is 1. The number of thiazole rings is 1. The molecule has 0 bridgehead atoms. The lowest BCUT2D eigenvalue weighted by molar-refractivity contribution is 0.297. The predicted octanol–water partition coefficient (Wildman–Crippen LogP) is 4.29. The zero-order chi connectivity index (χ0) is 14.5. The van der Waals surface area contributed by atoms with Crippen LogP contribution in [0, 0.1) is 6.92 Å². The van der Waals surface area contributed by atoms with Crippen LogP contribution < -0.4 is 10.1 Å². The van der Waals surface area contributed by atoms with E-state index in [-0.39, 0.29) is 0 Å². The molecule has 0 unspecified atom stereocenters. The molecule has 1 aromatic heterocycles. The van der Waals surface area contributed by atoms with E-state index in [1.54, 1.807) is 11.3 Å². The van der Waals surface area contributed by atoms with Gasteiger partial charge in [-0.05, 0) is 25.1 Å². The molecule has 0 atom stereocenters. The summed E-state index contributed by atoms with van der Waals surface area (Å²) in [4.78, 5) is 4.42. The molecule has 0 radical (unpaired) electrons. The van der Waals surface area contributed by atoms with Crippen LogP contribution in [0.15, 0.2) is 28.1 Å². The van der Waals surface area contributed by atoms with Gasteiger partial charge < -0.3 is 10.1 Å². The van der Waals surface area contributed by atoms with Gasteiger partial charge in [-0.25, -0.2) is 4.98 Å². The van der Waals surface area contributed by atoms with Crippen molar-refractivity contribution in [3.63, 3.8) is 0 Å². The van der Waals surface area contributed by atoms with Gasteiger partial charge in [0.1, 0.15) is 12.4 Å². The Bertz CT molecular complexity index is 569. The van der Waals surface area contributed by atoms with Crippen LogP contribution in [-0.4, -0.2) is 11.0 Å². The summed E-state index contributed by atoms with van der Waals surface area (Å²) in [5, 5.41) is 6.53. The highest BCUT2D eigenvalue weighted by molar-refractivity contribution is 9.10. The summed E-state index contributed by atoms with van der Waals surface area (Å²) in [6, 6.07) is 6.54. The average molecular weight is 355 g/mol. The quantitative estimate of drug-likeness (QED) is 0.839. The fraction of sp³-hybridized carbons (Fsp3) is 0.400. The molecule has 20 heavy (non-hydrogen) atoms. The van der Waals surface area contributed by atoms with Crippen LogP contribution in [0.5, 0.6) is 5.75 Å². The van der Waals surface area contributed by atoms with E-state index in [0.29, 0.717) is 12.6 Å². The number of halogens is 1. The third kappa shape index (κ3) is 4.58. The Hall–Kier alpha value is -0.910. The van der Waals surface area contributed by atoms with Gasteiger partial charge in [0.05, 0.1) is 10.7 Å². The number of nitrogens with one attached hydrogen (secondary N) is 1. The first kappa shape index (κ1) is 15.5. The summed E-state index contributed by atoms with van der Waals surface area (Å²) in [5.74, 6) is 0.909. The Morgan fingerprint density at radius 2 is 2.20 bits per heavy atom. The molecule has 3 nitrogen and oxygen atoms in total. The van der Waals surface area contributed by atoms with E-state index in [1.165, 1.54) is 0 Å². The maximum Gasteiger partial charge on any atom is 0.131 e. The SMILES string of the molecule is Cc1nc(COc2ccc(Br)cc2CNC(C)C)cs1. The van der Waals surface area contributed by atoms with Gasteiger partial charge >= 0.3 is 0 Å². The van der Waals surface area contributed by atoms with Gasteiger partial charge in [-0.2, -0.15) is 0 Å². The highest BCUT2D eigenvalue weighted by Gasteiger charge is 2.07. The standard InChI is InChI=1S/C15H19BrN2OS/c1-10(2)17-7-12-6-13(16)4-5-15(12)19-8-14-9-20-11(3)18-14/h4-6,9-10,17H,7-8H2,1-3H3. The van der Waals surface area contributed by atoms with E-state index >= 15 is 0 Å². The zero-order valence-corrected chi connectivity index (χ0v) is 14.3. The minimum atomic E-state index is 0.447. The zero-order valence-electron chi connectivity index (χ0n) is 11.9. The van der Waals surface area contributed by atoms with Crippen LogP contribution in [0.2, 0.25) is 0 Å². The lowest BCUT2D eigenvalue weighted by atomic mass is 10.2. The molecule has 0 aliphatic heterocycles. The second kappa shape index (κ2) is 7.20. The highest BCUT2D eigenvalue weighted by Crippen LogP contribution is 2.24. The number of hydrogen-bond acceptors (Lipinski definition) is 4. The minimum Gasteiger partial charge on any atom is -0.487 e. The van der Waals surface area contributed by atoms with Crippen LogP contribution in [0.1, 0.15) is 30.1 Å². The summed E-state index contributed by atoms with van der Waals surface area (Å²) >= 11 is 5.16. The lowest BCUT2D eigenvalue weighted by Gasteiger charge is -2.13. The topological polar surface area (TPSA) is 34.1 Å². The molecule has 2 aromatic rings. The maximum absolute atomic E-state index is 5.91. The highest BCUT2D eigenvalue weighted by atomic mass is 79.9. The number of rotatable bonds is 6. The number of benzene rings is 1. The van der Waals surface area contributed by atoms with E-state index in [4.69, 9.17) is 4.74 Å². The van der Waals surface area contributed by atoms with Gasteiger partial charge in [0.15, 0.2) is 0 Å². The lowest BCUT2D eigenvalue weighted by Crippen LogP contribution is -2.22. The van der Waals surface area contributed by atoms with Crippen LogP contribution >= 0.6 is 27.3 Å². The number of nitrogens with zero attached hydrogens (tertiary/aromatic N) is 1. The van der Waals surface area contributed by atoms with Crippen LogP contribution in [0.4, 0.5) is 0 Å². The molecule has 1 N–H and O–H groups in total. The van der Waals surface area contributed by atoms with Crippen molar-refractivity contribution in [3.8, 4) is 5.75 Å². The van der Waals surface area contributed by atoms with Gasteiger partial charge in [0.2, 0.25) is 0 Å². The molecule has 0 aliphatic carbocycles. The molecule has 108 valence electrons. The van der Waals surface area contributed by atoms with Crippen LogP contribution in [-0.2, 0) is 13.2 Å². The molecular formula is C15H19BrN2OS. The molecule has 0 fully saturated rings. The van der Waals surface area contributed by atoms with Gasteiger partial charge in [-0.3, -0.25) is 0 Å². The predicted molar refractivity (Wildman–Crippen MR) is 87.3 cm³/mol. The molecule has 5 heteroatoms. The first-order valence-corrected chi connectivity index (χ1v) is 8.27. The van der Waals surface area contributed by atoms with Gasteiger partial charge in [0.25, 0.3) is 0 Å². The molecular weight excluding hydrogens is 336 g/mol. The summed E-state index contributed by atoms with van der Waals surface area (Å²) in [5.41, 5.74) is 2.14. The first-order chi connectivity index (χ1) is 9.54. The smallest absolute Gasteiger partial charge is 0.131 e. The first-order valence-electron chi connectivity index (χ1n) is 6.60. The molecule has 0 saturated carbocycles. The van der Waals surface area contributed by atoms with Crippen LogP contribution in [0.25, 0.3) is 0 Å². The number of hydrogen-bond donors (Lipinski definition) is 1. The molecule has 0 aliphatic rings. The van der Waals surface area contributed by atoms with E-state index in [9.17, 15) is 0 Å². The Balaban J connectivity index is 2.05. The molecule has 0 saturated heterocycles. The number of aryl methyl sites for hydroxylation is 1. The van der Waals surface area contributed by atoms with Crippen molar-refractivity contribution < 1.29 is 4.74 Å². The Kier molecular flexibility index (Phi) is 5.57. The van der Waals surface area contributed by atoms with E-state index in [0.717, 1.165) is 33.0 Å². The summed E-state index contributed by atoms with van der Waals surface area (Å²) < 4.78 is 6.97. The average Bonchev–Trinajstić information content (AvgIpc) is 2.81. The van der Waals surface area contributed by atoms with Crippen molar-refractivity contribution in [1.82, 2.24) is 10.3 Å². The summed E-state index contributed by atoms with van der Waals surface area (Å²) in [6.45, 7) is 7.59. The third-order valence-electron chi connectivity index (χ3n) is 2.77. The molecule has 1 heterocycles. The Morgan fingerprint density at radius 1 is 1.40 bits per heavy atom. The molecule has 2 rings (SSSR count). The second-order valence-electron chi connectivity index (χ2n) is 4.93. The molecule has 0 amide bonds. The van der Waals surface area contributed by atoms with Crippen molar-refractivity contribution in [3.05, 3.63) is 44.3 Å².